The summed E-state index contributed by atoms with van der Waals surface area (Å²) >= 11 is 4.87. The molecule has 1 aromatic rings. The second-order valence-electron chi connectivity index (χ2n) is 4.24. The Labute approximate surface area is 124 Å². The van der Waals surface area contributed by atoms with Crippen LogP contribution >= 0.6 is 27.7 Å². The smallest absolute Gasteiger partial charge is 0.327 e. The molecule has 2 atom stereocenters. The number of aliphatic carboxylic acids is 1. The van der Waals surface area contributed by atoms with Crippen LogP contribution in [0.5, 0.6) is 0 Å². The van der Waals surface area contributed by atoms with Gasteiger partial charge in [0.25, 0.3) is 5.91 Å². The lowest BCUT2D eigenvalue weighted by molar-refractivity contribution is -0.141. The van der Waals surface area contributed by atoms with Crippen molar-refractivity contribution < 1.29 is 14.7 Å². The SMILES string of the molecule is CCC1SCC(C(=O)O)N1C(=O)c1ccccc1Br. The Morgan fingerprint density at radius 1 is 1.47 bits per heavy atom. The molecule has 0 aliphatic carbocycles. The van der Waals surface area contributed by atoms with Gasteiger partial charge in [-0.25, -0.2) is 4.79 Å². The summed E-state index contributed by atoms with van der Waals surface area (Å²) < 4.78 is 0.691. The molecule has 0 saturated carbocycles. The van der Waals surface area contributed by atoms with E-state index >= 15 is 0 Å². The van der Waals surface area contributed by atoms with E-state index in [1.54, 1.807) is 18.2 Å². The van der Waals surface area contributed by atoms with Crippen LogP contribution in [-0.2, 0) is 4.79 Å². The summed E-state index contributed by atoms with van der Waals surface area (Å²) in [5.41, 5.74) is 0.509. The van der Waals surface area contributed by atoms with Gasteiger partial charge in [-0.1, -0.05) is 19.1 Å². The van der Waals surface area contributed by atoms with E-state index in [9.17, 15) is 14.7 Å². The Balaban J connectivity index is 2.34. The third-order valence-corrected chi connectivity index (χ3v) is 5.21. The molecule has 4 nitrogen and oxygen atoms in total. The highest BCUT2D eigenvalue weighted by atomic mass is 79.9. The number of benzene rings is 1. The minimum atomic E-state index is -0.941. The van der Waals surface area contributed by atoms with E-state index < -0.39 is 12.0 Å². The molecule has 1 amide bonds. The highest BCUT2D eigenvalue weighted by molar-refractivity contribution is 9.10. The molecule has 19 heavy (non-hydrogen) atoms. The first kappa shape index (κ1) is 14.4. The van der Waals surface area contributed by atoms with Crippen LogP contribution in [0.25, 0.3) is 0 Å². The van der Waals surface area contributed by atoms with Gasteiger partial charge in [-0.15, -0.1) is 11.8 Å². The lowest BCUT2D eigenvalue weighted by Gasteiger charge is -2.27. The molecule has 0 spiro atoms. The molecule has 1 heterocycles. The van der Waals surface area contributed by atoms with Crippen molar-refractivity contribution in [1.29, 1.82) is 0 Å². The number of carboxylic acid groups (broad SMARTS) is 1. The van der Waals surface area contributed by atoms with E-state index in [0.717, 1.165) is 6.42 Å². The van der Waals surface area contributed by atoms with Crippen LogP contribution in [0.4, 0.5) is 0 Å². The molecule has 6 heteroatoms. The summed E-state index contributed by atoms with van der Waals surface area (Å²) in [6.45, 7) is 1.96. The minimum Gasteiger partial charge on any atom is -0.480 e. The zero-order chi connectivity index (χ0) is 14.0. The van der Waals surface area contributed by atoms with Crippen LogP contribution in [0.1, 0.15) is 23.7 Å². The maximum Gasteiger partial charge on any atom is 0.327 e. The average molecular weight is 344 g/mol. The molecule has 2 rings (SSSR count). The summed E-state index contributed by atoms with van der Waals surface area (Å²) in [5.74, 6) is -0.718. The summed E-state index contributed by atoms with van der Waals surface area (Å²) in [4.78, 5) is 25.3. The Kier molecular flexibility index (Phi) is 4.52. The van der Waals surface area contributed by atoms with E-state index in [0.29, 0.717) is 15.8 Å². The van der Waals surface area contributed by atoms with Gasteiger partial charge in [0.15, 0.2) is 0 Å². The van der Waals surface area contributed by atoms with Crippen LogP contribution in [0.2, 0.25) is 0 Å². The van der Waals surface area contributed by atoms with Crippen LogP contribution in [-0.4, -0.2) is 39.1 Å². The summed E-state index contributed by atoms with van der Waals surface area (Å²) in [6.07, 6.45) is 0.741. The number of carboxylic acids is 1. The third-order valence-electron chi connectivity index (χ3n) is 3.07. The molecule has 1 fully saturated rings. The van der Waals surface area contributed by atoms with E-state index in [-0.39, 0.29) is 11.3 Å². The number of hydrogen-bond donors (Lipinski definition) is 1. The van der Waals surface area contributed by atoms with Crippen molar-refractivity contribution in [2.24, 2.45) is 0 Å². The van der Waals surface area contributed by atoms with Gasteiger partial charge >= 0.3 is 5.97 Å². The molecule has 1 aromatic carbocycles. The predicted octanol–water partition coefficient (Wildman–Crippen LogP) is 2.83. The zero-order valence-corrected chi connectivity index (χ0v) is 12.8. The van der Waals surface area contributed by atoms with E-state index in [1.807, 2.05) is 13.0 Å². The maximum atomic E-state index is 12.6. The summed E-state index contributed by atoms with van der Waals surface area (Å²) in [6, 6.07) is 6.35. The predicted molar refractivity (Wildman–Crippen MR) is 78.3 cm³/mol. The van der Waals surface area contributed by atoms with Gasteiger partial charge in [0.2, 0.25) is 0 Å². The van der Waals surface area contributed by atoms with E-state index in [4.69, 9.17) is 0 Å². The third kappa shape index (κ3) is 2.79. The molecule has 2 unspecified atom stereocenters. The second kappa shape index (κ2) is 5.96. The normalized spacial score (nSPS) is 22.5. The van der Waals surface area contributed by atoms with Crippen molar-refractivity contribution in [3.8, 4) is 0 Å². The van der Waals surface area contributed by atoms with Crippen LogP contribution < -0.4 is 0 Å². The molecule has 1 aliphatic heterocycles. The topological polar surface area (TPSA) is 57.6 Å². The molecule has 0 aromatic heterocycles. The number of halogens is 1. The Hall–Kier alpha value is -1.01. The molecule has 1 N–H and O–H groups in total. The van der Waals surface area contributed by atoms with Gasteiger partial charge in [-0.3, -0.25) is 4.79 Å². The summed E-state index contributed by atoms with van der Waals surface area (Å²) in [7, 11) is 0. The van der Waals surface area contributed by atoms with Gasteiger partial charge < -0.3 is 10.0 Å². The summed E-state index contributed by atoms with van der Waals surface area (Å²) in [5, 5.41) is 9.17. The van der Waals surface area contributed by atoms with Crippen LogP contribution in [0, 0.1) is 0 Å². The Morgan fingerprint density at radius 3 is 2.74 bits per heavy atom. The number of rotatable bonds is 3. The number of thioether (sulfide) groups is 1. The molecular weight excluding hydrogens is 330 g/mol. The molecule has 1 saturated heterocycles. The lowest BCUT2D eigenvalue weighted by Crippen LogP contribution is -2.45. The zero-order valence-electron chi connectivity index (χ0n) is 10.4. The monoisotopic (exact) mass is 343 g/mol. The van der Waals surface area contributed by atoms with Gasteiger partial charge in [0.1, 0.15) is 6.04 Å². The number of hydrogen-bond acceptors (Lipinski definition) is 3. The molecule has 0 radical (unpaired) electrons. The second-order valence-corrected chi connectivity index (χ2v) is 6.31. The fourth-order valence-corrected chi connectivity index (χ4v) is 3.92. The van der Waals surface area contributed by atoms with Gasteiger partial charge in [-0.2, -0.15) is 0 Å². The average Bonchev–Trinajstić information content (AvgIpc) is 2.82. The van der Waals surface area contributed by atoms with Crippen molar-refractivity contribution in [2.45, 2.75) is 24.8 Å². The first-order valence-corrected chi connectivity index (χ1v) is 7.82. The highest BCUT2D eigenvalue weighted by Crippen LogP contribution is 2.33. The Morgan fingerprint density at radius 2 is 2.16 bits per heavy atom. The first-order chi connectivity index (χ1) is 9.06. The van der Waals surface area contributed by atoms with Crippen molar-refractivity contribution in [1.82, 2.24) is 4.90 Å². The molecular formula is C13H14BrNO3S. The number of amides is 1. The van der Waals surface area contributed by atoms with Gasteiger partial charge in [-0.05, 0) is 34.5 Å². The quantitative estimate of drug-likeness (QED) is 0.916. The van der Waals surface area contributed by atoms with Crippen molar-refractivity contribution in [2.75, 3.05) is 5.75 Å². The van der Waals surface area contributed by atoms with Crippen molar-refractivity contribution >= 4 is 39.6 Å². The van der Waals surface area contributed by atoms with Crippen LogP contribution in [0.15, 0.2) is 28.7 Å². The van der Waals surface area contributed by atoms with Crippen molar-refractivity contribution in [3.05, 3.63) is 34.3 Å². The van der Waals surface area contributed by atoms with Gasteiger partial charge in [0, 0.05) is 10.2 Å². The van der Waals surface area contributed by atoms with E-state index in [2.05, 4.69) is 15.9 Å². The Bertz CT molecular complexity index is 508. The fraction of sp³-hybridized carbons (Fsp3) is 0.385. The lowest BCUT2D eigenvalue weighted by atomic mass is 10.1. The number of carbonyl (C=O) groups excluding carboxylic acids is 1. The molecule has 1 aliphatic rings. The van der Waals surface area contributed by atoms with Gasteiger partial charge in [0.05, 0.1) is 10.9 Å². The number of carbonyl (C=O) groups is 2. The highest BCUT2D eigenvalue weighted by Gasteiger charge is 2.41. The van der Waals surface area contributed by atoms with E-state index in [1.165, 1.54) is 16.7 Å². The first-order valence-electron chi connectivity index (χ1n) is 5.97. The van der Waals surface area contributed by atoms with Crippen molar-refractivity contribution in [3.63, 3.8) is 0 Å². The maximum absolute atomic E-state index is 12.6. The number of nitrogens with zero attached hydrogens (tertiary/aromatic N) is 1. The molecule has 0 bridgehead atoms. The standard InChI is InChI=1S/C13H14BrNO3S/c1-2-11-15(10(7-19-11)13(17)18)12(16)8-5-3-4-6-9(8)14/h3-6,10-11H,2,7H2,1H3,(H,17,18). The fourth-order valence-electron chi connectivity index (χ4n) is 2.11. The minimum absolute atomic E-state index is 0.0688. The molecule has 102 valence electrons. The largest absolute Gasteiger partial charge is 0.480 e. The van der Waals surface area contributed by atoms with Crippen LogP contribution in [0.3, 0.4) is 0 Å².